The monoisotopic (exact) mass is 512 g/mol. The summed E-state index contributed by atoms with van der Waals surface area (Å²) in [7, 11) is 0.221. The number of piperidine rings is 1. The van der Waals surface area contributed by atoms with Crippen LogP contribution in [0, 0.1) is 0 Å². The van der Waals surface area contributed by atoms with Crippen LogP contribution in [-0.2, 0) is 14.8 Å². The van der Waals surface area contributed by atoms with Gasteiger partial charge in [-0.3, -0.25) is 4.79 Å². The minimum absolute atomic E-state index is 0.0478. The molecule has 1 aromatic heterocycles. The maximum absolute atomic E-state index is 13.1. The molecule has 0 unspecified atom stereocenters. The van der Waals surface area contributed by atoms with Crippen LogP contribution >= 0.6 is 0 Å². The lowest BCUT2D eigenvalue weighted by Gasteiger charge is -2.43. The molecule has 9 nitrogen and oxygen atoms in total. The number of likely N-dealkylation sites (N-methyl/N-ethyl adjacent to an activating group) is 1. The number of nitrogens with one attached hydrogen (secondary N) is 2. The van der Waals surface area contributed by atoms with Crippen LogP contribution in [0.5, 0.6) is 0 Å². The fourth-order valence-electron chi connectivity index (χ4n) is 5.70. The highest BCUT2D eigenvalue weighted by atomic mass is 32.2. The number of hydrogen-bond donors (Lipinski definition) is 2. The van der Waals surface area contributed by atoms with E-state index in [0.29, 0.717) is 17.5 Å². The van der Waals surface area contributed by atoms with Gasteiger partial charge in [-0.25, -0.2) is 18.1 Å². The standard InChI is InChI=1S/C26H36N6O3S/c1-18-26(33)31(3)24-17-27-25(16-23(24)32(18)21-8-4-5-9-21)28-20-7-6-10-22(15-20)36(34,35)29-19-11-13-30(2)14-12-19/h6-7,10,15-19,21,29H,4-5,8-9,11-14H2,1-3H3,(H,27,28)/t18-/m0/s1. The number of likely N-dealkylation sites (tertiary alicyclic amines) is 1. The van der Waals surface area contributed by atoms with Crippen molar-refractivity contribution in [1.82, 2.24) is 14.6 Å². The average Bonchev–Trinajstić information content (AvgIpc) is 3.39. The van der Waals surface area contributed by atoms with Gasteiger partial charge in [0, 0.05) is 30.9 Å². The molecule has 0 radical (unpaired) electrons. The van der Waals surface area contributed by atoms with E-state index in [1.165, 1.54) is 12.8 Å². The molecule has 0 bridgehead atoms. The minimum atomic E-state index is -3.63. The van der Waals surface area contributed by atoms with E-state index in [9.17, 15) is 13.2 Å². The molecule has 2 fully saturated rings. The summed E-state index contributed by atoms with van der Waals surface area (Å²) in [5.74, 6) is 0.691. The van der Waals surface area contributed by atoms with E-state index < -0.39 is 10.0 Å². The summed E-state index contributed by atoms with van der Waals surface area (Å²) >= 11 is 0. The summed E-state index contributed by atoms with van der Waals surface area (Å²) in [6, 6.07) is 8.87. The zero-order valence-electron chi connectivity index (χ0n) is 21.3. The van der Waals surface area contributed by atoms with Gasteiger partial charge in [0.25, 0.3) is 0 Å². The van der Waals surface area contributed by atoms with E-state index in [-0.39, 0.29) is 22.9 Å². The second kappa shape index (κ2) is 9.99. The van der Waals surface area contributed by atoms with Crippen molar-refractivity contribution < 1.29 is 13.2 Å². The fraction of sp³-hybridized carbons (Fsp3) is 0.538. The number of carbonyl (C=O) groups is 1. The summed E-state index contributed by atoms with van der Waals surface area (Å²) in [5.41, 5.74) is 2.44. The molecule has 194 valence electrons. The van der Waals surface area contributed by atoms with Crippen LogP contribution < -0.4 is 19.8 Å². The van der Waals surface area contributed by atoms with Gasteiger partial charge in [-0.05, 0) is 70.9 Å². The van der Waals surface area contributed by atoms with E-state index in [0.717, 1.165) is 50.1 Å². The van der Waals surface area contributed by atoms with Gasteiger partial charge in [0.05, 0.1) is 22.5 Å². The van der Waals surface area contributed by atoms with Crippen molar-refractivity contribution in [3.05, 3.63) is 36.5 Å². The molecule has 1 saturated heterocycles. The summed E-state index contributed by atoms with van der Waals surface area (Å²) in [4.78, 5) is 23.8. The molecular weight excluding hydrogens is 476 g/mol. The van der Waals surface area contributed by atoms with Gasteiger partial charge < -0.3 is 20.0 Å². The van der Waals surface area contributed by atoms with E-state index in [4.69, 9.17) is 0 Å². The first-order valence-corrected chi connectivity index (χ1v) is 14.3. The molecule has 36 heavy (non-hydrogen) atoms. The Kier molecular flexibility index (Phi) is 6.93. The third-order valence-electron chi connectivity index (χ3n) is 7.78. The van der Waals surface area contributed by atoms with Gasteiger partial charge >= 0.3 is 0 Å². The number of pyridine rings is 1. The molecule has 3 aliphatic rings. The highest BCUT2D eigenvalue weighted by molar-refractivity contribution is 7.89. The van der Waals surface area contributed by atoms with Gasteiger partial charge in [-0.2, -0.15) is 0 Å². The van der Waals surface area contributed by atoms with Crippen LogP contribution in [0.4, 0.5) is 22.9 Å². The third kappa shape index (κ3) is 4.94. The molecule has 2 aliphatic heterocycles. The largest absolute Gasteiger partial charge is 0.355 e. The molecular formula is C26H36N6O3S. The van der Waals surface area contributed by atoms with Gasteiger partial charge in [0.1, 0.15) is 11.9 Å². The number of hydrogen-bond acceptors (Lipinski definition) is 7. The molecule has 1 amide bonds. The van der Waals surface area contributed by atoms with Crippen LogP contribution in [0.3, 0.4) is 0 Å². The summed E-state index contributed by atoms with van der Waals surface area (Å²) in [6.07, 6.45) is 7.85. The highest BCUT2D eigenvalue weighted by Crippen LogP contribution is 2.41. The summed E-state index contributed by atoms with van der Waals surface area (Å²) < 4.78 is 29.0. The van der Waals surface area contributed by atoms with Crippen molar-refractivity contribution >= 4 is 38.8 Å². The number of fused-ring (bicyclic) bond motifs is 1. The number of carbonyl (C=O) groups excluding carboxylic acids is 1. The lowest BCUT2D eigenvalue weighted by molar-refractivity contribution is -0.119. The van der Waals surface area contributed by atoms with Crippen molar-refractivity contribution in [2.24, 2.45) is 0 Å². The fourth-order valence-corrected chi connectivity index (χ4v) is 7.05. The van der Waals surface area contributed by atoms with Crippen LogP contribution in [0.1, 0.15) is 45.4 Å². The maximum atomic E-state index is 13.1. The van der Waals surface area contributed by atoms with E-state index >= 15 is 0 Å². The number of sulfonamides is 1. The van der Waals surface area contributed by atoms with E-state index in [1.54, 1.807) is 36.3 Å². The van der Waals surface area contributed by atoms with Crippen molar-refractivity contribution in [1.29, 1.82) is 0 Å². The molecule has 2 N–H and O–H groups in total. The number of rotatable bonds is 6. The zero-order chi connectivity index (χ0) is 25.4. The summed E-state index contributed by atoms with van der Waals surface area (Å²) in [6.45, 7) is 3.74. The first-order valence-electron chi connectivity index (χ1n) is 12.9. The van der Waals surface area contributed by atoms with Gasteiger partial charge in [-0.15, -0.1) is 0 Å². The lowest BCUT2D eigenvalue weighted by Crippen LogP contribution is -2.54. The zero-order valence-corrected chi connectivity index (χ0v) is 22.1. The van der Waals surface area contributed by atoms with Gasteiger partial charge in [0.15, 0.2) is 0 Å². The number of nitrogens with zero attached hydrogens (tertiary/aromatic N) is 4. The topological polar surface area (TPSA) is 97.9 Å². The molecule has 10 heteroatoms. The number of aromatic nitrogens is 1. The second-order valence-electron chi connectivity index (χ2n) is 10.3. The number of anilines is 4. The van der Waals surface area contributed by atoms with Crippen molar-refractivity contribution in [2.75, 3.05) is 42.3 Å². The Morgan fingerprint density at radius 2 is 1.72 bits per heavy atom. The molecule has 3 heterocycles. The Bertz CT molecular complexity index is 1220. The van der Waals surface area contributed by atoms with Crippen molar-refractivity contribution in [3.63, 3.8) is 0 Å². The quantitative estimate of drug-likeness (QED) is 0.613. The molecule has 5 rings (SSSR count). The Hall–Kier alpha value is -2.69. The summed E-state index contributed by atoms with van der Waals surface area (Å²) in [5, 5.41) is 3.29. The van der Waals surface area contributed by atoms with Crippen molar-refractivity contribution in [2.45, 2.75) is 68.5 Å². The first kappa shape index (κ1) is 25.0. The predicted molar refractivity (Wildman–Crippen MR) is 142 cm³/mol. The number of amides is 1. The second-order valence-corrected chi connectivity index (χ2v) is 12.0. The normalized spacial score (nSPS) is 22.2. The van der Waals surface area contributed by atoms with Gasteiger partial charge in [-0.1, -0.05) is 18.9 Å². The Labute approximate surface area is 213 Å². The molecule has 1 aliphatic carbocycles. The molecule has 1 atom stereocenters. The molecule has 1 saturated carbocycles. The third-order valence-corrected chi connectivity index (χ3v) is 9.30. The van der Waals surface area contributed by atoms with Gasteiger partial charge in [0.2, 0.25) is 15.9 Å². The first-order chi connectivity index (χ1) is 17.2. The highest BCUT2D eigenvalue weighted by Gasteiger charge is 2.38. The van der Waals surface area contributed by atoms with Crippen LogP contribution in [0.15, 0.2) is 41.4 Å². The maximum Gasteiger partial charge on any atom is 0.249 e. The number of benzene rings is 1. The van der Waals surface area contributed by atoms with Crippen LogP contribution in [-0.4, -0.2) is 69.5 Å². The average molecular weight is 513 g/mol. The Morgan fingerprint density at radius 1 is 1.00 bits per heavy atom. The SMILES string of the molecule is C[C@H]1C(=O)N(C)c2cnc(Nc3cccc(S(=O)(=O)NC4CCN(C)CC4)c3)cc2N1C1CCCC1. The molecule has 1 aromatic carbocycles. The molecule has 2 aromatic rings. The molecule has 0 spiro atoms. The minimum Gasteiger partial charge on any atom is -0.355 e. The van der Waals surface area contributed by atoms with E-state index in [1.807, 2.05) is 19.1 Å². The Balaban J connectivity index is 1.38. The Morgan fingerprint density at radius 3 is 2.44 bits per heavy atom. The van der Waals surface area contributed by atoms with Crippen molar-refractivity contribution in [3.8, 4) is 0 Å². The van der Waals surface area contributed by atoms with Crippen LogP contribution in [0.25, 0.3) is 0 Å². The predicted octanol–water partition coefficient (Wildman–Crippen LogP) is 3.31. The van der Waals surface area contributed by atoms with E-state index in [2.05, 4.69) is 31.9 Å². The smallest absolute Gasteiger partial charge is 0.249 e. The van der Waals surface area contributed by atoms with Crippen LogP contribution in [0.2, 0.25) is 0 Å². The lowest BCUT2D eigenvalue weighted by atomic mass is 10.0.